The number of hydrogen-bond acceptors (Lipinski definition) is 20. The van der Waals surface area contributed by atoms with Crippen LogP contribution in [-0.4, -0.2) is 93.8 Å². The summed E-state index contributed by atoms with van der Waals surface area (Å²) in [6.45, 7) is 10.4. The third-order valence-corrected chi connectivity index (χ3v) is 18.9. The van der Waals surface area contributed by atoms with Crippen LogP contribution in [0.15, 0.2) is 164 Å². The number of rotatable bonds is 44. The van der Waals surface area contributed by atoms with Crippen molar-refractivity contribution in [3.63, 3.8) is 0 Å². The first-order valence-electron chi connectivity index (χ1n) is 35.6. The number of hydrogen-bond donors (Lipinski definition) is 0. The van der Waals surface area contributed by atoms with Crippen molar-refractivity contribution in [2.24, 2.45) is 28.8 Å². The second-order valence-corrected chi connectivity index (χ2v) is 26.4. The van der Waals surface area contributed by atoms with Crippen LogP contribution < -0.4 is 33.7 Å². The van der Waals surface area contributed by atoms with E-state index in [1.807, 2.05) is 71.7 Å². The van der Waals surface area contributed by atoms with Gasteiger partial charge >= 0.3 is 29.8 Å². The first-order chi connectivity index (χ1) is 49.0. The number of hydrazone groups is 1. The molecule has 0 radical (unpaired) electrons. The van der Waals surface area contributed by atoms with E-state index in [0.717, 1.165) is 153 Å². The van der Waals surface area contributed by atoms with Crippen molar-refractivity contribution >= 4 is 73.5 Å². The summed E-state index contributed by atoms with van der Waals surface area (Å²) in [4.78, 5) is 90.8. The van der Waals surface area contributed by atoms with Crippen LogP contribution in [0, 0.1) is 23.7 Å². The average Bonchev–Trinajstić information content (AvgIpc) is 1.52. The fourth-order valence-corrected chi connectivity index (χ4v) is 13.0. The molecule has 0 N–H and O–H groups in total. The molecule has 0 bridgehead atoms. The molecule has 0 atom stereocenters. The lowest BCUT2D eigenvalue weighted by Crippen LogP contribution is -2.27. The van der Waals surface area contributed by atoms with E-state index < -0.39 is 11.9 Å². The van der Waals surface area contributed by atoms with Crippen LogP contribution in [0.1, 0.15) is 152 Å². The molecule has 0 aliphatic heterocycles. The van der Waals surface area contributed by atoms with E-state index in [0.29, 0.717) is 113 Å². The predicted octanol–water partition coefficient (Wildman–Crippen LogP) is 17.2. The Morgan fingerprint density at radius 3 is 1.61 bits per heavy atom. The van der Waals surface area contributed by atoms with Crippen molar-refractivity contribution in [1.29, 1.82) is 0 Å². The molecular formula is C80H95N3O16S. The van der Waals surface area contributed by atoms with Crippen molar-refractivity contribution in [3.8, 4) is 34.5 Å². The lowest BCUT2D eigenvalue weighted by molar-refractivity contribution is -0.218. The number of benzene rings is 6. The van der Waals surface area contributed by atoms with Crippen LogP contribution in [0.25, 0.3) is 21.0 Å². The highest BCUT2D eigenvalue weighted by Crippen LogP contribution is 2.35. The highest BCUT2D eigenvalue weighted by molar-refractivity contribution is 7.22. The molecule has 1 aromatic heterocycles. The van der Waals surface area contributed by atoms with Crippen LogP contribution in [0.3, 0.4) is 0 Å². The maximum absolute atomic E-state index is 13.9. The molecule has 0 saturated heterocycles. The second kappa shape index (κ2) is 42.1. The fourth-order valence-electron chi connectivity index (χ4n) is 12.1. The van der Waals surface area contributed by atoms with Crippen molar-refractivity contribution in [3.05, 3.63) is 170 Å². The summed E-state index contributed by atoms with van der Waals surface area (Å²) in [6.07, 6.45) is 22.6. The van der Waals surface area contributed by atoms with E-state index in [4.69, 9.17) is 62.8 Å². The first kappa shape index (κ1) is 75.1. The summed E-state index contributed by atoms with van der Waals surface area (Å²) in [7, 11) is 0. The largest absolute Gasteiger partial charge is 0.494 e. The number of thiazole rings is 1. The number of esters is 5. The normalized spacial score (nSPS) is 15.9. The van der Waals surface area contributed by atoms with Gasteiger partial charge in [-0.2, -0.15) is 14.9 Å². The molecule has 1 heterocycles. The summed E-state index contributed by atoms with van der Waals surface area (Å²) in [5, 5.41) is 9.89. The zero-order chi connectivity index (χ0) is 69.8. The highest BCUT2D eigenvalue weighted by Gasteiger charge is 2.30. The molecule has 20 heteroatoms. The molecule has 0 amide bonds. The molecule has 2 aliphatic carbocycles. The van der Waals surface area contributed by atoms with Gasteiger partial charge in [0, 0.05) is 24.3 Å². The third kappa shape index (κ3) is 25.9. The predicted molar refractivity (Wildman–Crippen MR) is 386 cm³/mol. The van der Waals surface area contributed by atoms with Gasteiger partial charge in [-0.05, 0) is 223 Å². The van der Waals surface area contributed by atoms with E-state index in [1.54, 1.807) is 72.1 Å². The quantitative estimate of drug-likeness (QED) is 0.00507. The van der Waals surface area contributed by atoms with Gasteiger partial charge in [0.25, 0.3) is 0 Å². The van der Waals surface area contributed by atoms with Gasteiger partial charge in [-0.25, -0.2) is 19.6 Å². The minimum Gasteiger partial charge on any atom is -0.494 e. The van der Waals surface area contributed by atoms with Gasteiger partial charge in [-0.3, -0.25) is 14.4 Å². The standard InChI is InChI=1S/C80H95N3O16S/c1-3-75(84)91-51-21-11-9-18-49-89-66-38-42-68(43-39-66)96-78(87)62-34-32-60(33-35-62)58-95-99-73-47-46-70(97-79(88)63-36-30-59(31-37-63)57-94-98-69-44-40-67(41-45-69)90-50-19-10-12-22-52-92-76(85)4-2)54-65(73)56-81-83(80-82-72-28-15-16-29-74(72)100-80)48-17-7-5-6-8-20-53-93-77(86)55-64-26-23-25-61-24-13-14-27-71(61)64/h3-4,13-16,23-29,38-47,54,56,59-60,62-63H,1-2,5-12,17-22,30-37,48-53,55,57-58H2/b81-56+. The van der Waals surface area contributed by atoms with E-state index >= 15 is 0 Å². The van der Waals surface area contributed by atoms with Gasteiger partial charge in [0.15, 0.2) is 11.5 Å². The zero-order valence-corrected chi connectivity index (χ0v) is 58.2. The minimum absolute atomic E-state index is 0.140. The number of anilines is 1. The molecule has 532 valence electrons. The van der Waals surface area contributed by atoms with Gasteiger partial charge in [0.2, 0.25) is 5.13 Å². The molecule has 19 nitrogen and oxygen atoms in total. The molecule has 2 saturated carbocycles. The molecule has 100 heavy (non-hydrogen) atoms. The Morgan fingerprint density at radius 1 is 0.500 bits per heavy atom. The van der Waals surface area contributed by atoms with Crippen molar-refractivity contribution in [2.45, 2.75) is 148 Å². The van der Waals surface area contributed by atoms with Crippen LogP contribution in [0.5, 0.6) is 34.5 Å². The van der Waals surface area contributed by atoms with Crippen LogP contribution in [0.2, 0.25) is 0 Å². The number of ether oxygens (including phenoxy) is 7. The van der Waals surface area contributed by atoms with Gasteiger partial charge in [0.1, 0.15) is 23.0 Å². The summed E-state index contributed by atoms with van der Waals surface area (Å²) < 4.78 is 40.4. The number of para-hydroxylation sites is 1. The summed E-state index contributed by atoms with van der Waals surface area (Å²) in [5.74, 6) is 1.42. The molecule has 6 aromatic carbocycles. The lowest BCUT2D eigenvalue weighted by atomic mass is 9.82. The maximum Gasteiger partial charge on any atom is 0.330 e. The van der Waals surface area contributed by atoms with Crippen LogP contribution in [0.4, 0.5) is 5.13 Å². The van der Waals surface area contributed by atoms with Crippen LogP contribution in [-0.2, 0) is 54.4 Å². The third-order valence-electron chi connectivity index (χ3n) is 17.9. The topological polar surface area (TPSA) is 215 Å². The number of nitrogens with zero attached hydrogens (tertiary/aromatic N) is 3. The average molecular weight is 1390 g/mol. The minimum atomic E-state index is -0.405. The number of carbonyl (C=O) groups is 5. The number of carbonyl (C=O) groups excluding carboxylic acids is 5. The Hall–Kier alpha value is -9.11. The number of unbranched alkanes of at least 4 members (excludes halogenated alkanes) is 11. The molecule has 0 spiro atoms. The Balaban J connectivity index is 0.746. The van der Waals surface area contributed by atoms with Gasteiger partial charge in [0.05, 0.1) is 80.9 Å². The van der Waals surface area contributed by atoms with Gasteiger partial charge < -0.3 is 42.9 Å². The Morgan fingerprint density at radius 2 is 1.00 bits per heavy atom. The van der Waals surface area contributed by atoms with E-state index in [-0.39, 0.29) is 48.0 Å². The summed E-state index contributed by atoms with van der Waals surface area (Å²) >= 11 is 1.56. The SMILES string of the molecule is C=CC(=O)OCCCCCCOc1ccc(OOCC2CCC(C(=O)Oc3ccc(OOCC4CCC(C(=O)Oc5ccc(OCCCCCCOC(=O)C=C)cc5)CC4)c(/C=N/N(CCCCCCCCOC(=O)Cc4cccc5ccccc45)c4nc5ccccc5s4)c3)CC2)cc1. The maximum atomic E-state index is 13.9. The summed E-state index contributed by atoms with van der Waals surface area (Å²) in [6, 6.07) is 41.7. The lowest BCUT2D eigenvalue weighted by Gasteiger charge is -2.27. The van der Waals surface area contributed by atoms with E-state index in [9.17, 15) is 24.0 Å². The molecule has 2 aliphatic rings. The molecule has 9 rings (SSSR count). The molecule has 7 aromatic rings. The molecule has 0 unspecified atom stereocenters. The van der Waals surface area contributed by atoms with Crippen LogP contribution >= 0.6 is 11.3 Å². The van der Waals surface area contributed by atoms with Gasteiger partial charge in [-0.1, -0.05) is 105 Å². The first-order valence-corrected chi connectivity index (χ1v) is 36.4. The fraction of sp³-hybridized carbons (Fsp3) is 0.438. The van der Waals surface area contributed by atoms with Crippen molar-refractivity contribution < 1.29 is 76.7 Å². The van der Waals surface area contributed by atoms with Crippen molar-refractivity contribution in [1.82, 2.24) is 4.98 Å². The zero-order valence-electron chi connectivity index (χ0n) is 57.4. The van der Waals surface area contributed by atoms with Gasteiger partial charge in [-0.15, -0.1) is 0 Å². The smallest absolute Gasteiger partial charge is 0.330 e. The Bertz CT molecular complexity index is 3670. The highest BCUT2D eigenvalue weighted by atomic mass is 32.1. The number of aromatic nitrogens is 1. The molecular weight excluding hydrogens is 1290 g/mol. The van der Waals surface area contributed by atoms with E-state index in [1.165, 1.54) is 12.2 Å². The number of fused-ring (bicyclic) bond motifs is 2. The molecule has 2 fully saturated rings. The Kier molecular flexibility index (Phi) is 31.6. The van der Waals surface area contributed by atoms with Crippen molar-refractivity contribution in [2.75, 3.05) is 57.8 Å². The second-order valence-electron chi connectivity index (χ2n) is 25.4. The Labute approximate surface area is 590 Å². The monoisotopic (exact) mass is 1390 g/mol. The summed E-state index contributed by atoms with van der Waals surface area (Å²) in [5.41, 5.74) is 2.39. The van der Waals surface area contributed by atoms with E-state index in [2.05, 4.69) is 25.3 Å².